The van der Waals surface area contributed by atoms with Gasteiger partial charge in [-0.05, 0) is 25.1 Å². The summed E-state index contributed by atoms with van der Waals surface area (Å²) < 4.78 is 22.8. The zero-order chi connectivity index (χ0) is 19.7. The van der Waals surface area contributed by atoms with Gasteiger partial charge < -0.3 is 5.73 Å². The SMILES string of the molecule is CC1=CC(=O)c2ccccc2C1=O.NC(=O)c1cccnc1.O=S(O)O. The van der Waals surface area contributed by atoms with E-state index in [4.69, 9.17) is 19.0 Å². The highest BCUT2D eigenvalue weighted by Gasteiger charge is 2.21. The standard InChI is InChI=1S/C11H8O2.C6H6N2O.H2O3S/c1-7-6-10(12)8-4-2-3-5-9(8)11(7)13;7-6(9)5-2-1-3-8-4-5;1-4(2)3/h2-6H,1H3;1-4H,(H2,7,9);(H2,1,2,3). The topological polar surface area (TPSA) is 148 Å². The van der Waals surface area contributed by atoms with Gasteiger partial charge in [-0.2, -0.15) is 4.21 Å². The summed E-state index contributed by atoms with van der Waals surface area (Å²) in [7, 11) is 0. The quantitative estimate of drug-likeness (QED) is 0.643. The number of pyridine rings is 1. The molecule has 2 aromatic rings. The number of nitrogens with two attached hydrogens (primary N) is 1. The number of hydrogen-bond acceptors (Lipinski definition) is 5. The Hall–Kier alpha value is -3.01. The van der Waals surface area contributed by atoms with Crippen molar-refractivity contribution in [3.63, 3.8) is 0 Å². The lowest BCUT2D eigenvalue weighted by Crippen LogP contribution is -2.14. The van der Waals surface area contributed by atoms with Gasteiger partial charge in [0, 0.05) is 29.1 Å². The number of aromatic nitrogens is 1. The Morgan fingerprint density at radius 1 is 1.08 bits per heavy atom. The first-order valence-corrected chi connectivity index (χ1v) is 8.16. The van der Waals surface area contributed by atoms with Crippen LogP contribution < -0.4 is 5.73 Å². The van der Waals surface area contributed by atoms with Crippen molar-refractivity contribution in [3.8, 4) is 0 Å². The van der Waals surface area contributed by atoms with E-state index < -0.39 is 17.3 Å². The fraction of sp³-hybridized carbons (Fsp3) is 0.0588. The third-order valence-electron chi connectivity index (χ3n) is 3.09. The summed E-state index contributed by atoms with van der Waals surface area (Å²) in [6, 6.07) is 10.2. The Kier molecular flexibility index (Phi) is 8.16. The van der Waals surface area contributed by atoms with Crippen LogP contribution >= 0.6 is 0 Å². The minimum absolute atomic E-state index is 0.0461. The average Bonchev–Trinajstić information content (AvgIpc) is 2.61. The van der Waals surface area contributed by atoms with Crippen molar-refractivity contribution in [1.29, 1.82) is 0 Å². The van der Waals surface area contributed by atoms with Gasteiger partial charge in [-0.3, -0.25) is 28.5 Å². The number of primary amides is 1. The number of benzene rings is 1. The van der Waals surface area contributed by atoms with Gasteiger partial charge >= 0.3 is 0 Å². The minimum Gasteiger partial charge on any atom is -0.366 e. The molecule has 0 bridgehead atoms. The van der Waals surface area contributed by atoms with Crippen LogP contribution in [-0.2, 0) is 11.4 Å². The summed E-state index contributed by atoms with van der Waals surface area (Å²) in [5.74, 6) is -0.564. The molecule has 26 heavy (non-hydrogen) atoms. The number of carbonyl (C=O) groups excluding carboxylic acids is 3. The molecule has 0 atom stereocenters. The molecule has 0 unspecified atom stereocenters. The van der Waals surface area contributed by atoms with Gasteiger partial charge in [0.1, 0.15) is 0 Å². The summed E-state index contributed by atoms with van der Waals surface area (Å²) in [5.41, 5.74) is 6.93. The van der Waals surface area contributed by atoms with E-state index in [0.29, 0.717) is 22.3 Å². The van der Waals surface area contributed by atoms with E-state index in [-0.39, 0.29) is 11.6 Å². The first-order chi connectivity index (χ1) is 12.2. The molecule has 136 valence electrons. The van der Waals surface area contributed by atoms with Gasteiger partial charge in [-0.1, -0.05) is 24.3 Å². The van der Waals surface area contributed by atoms with Gasteiger partial charge in [0.05, 0.1) is 5.56 Å². The number of hydrogen-bond donors (Lipinski definition) is 3. The van der Waals surface area contributed by atoms with Gasteiger partial charge in [-0.25, -0.2) is 0 Å². The molecule has 1 aliphatic rings. The van der Waals surface area contributed by atoms with Crippen LogP contribution in [0.4, 0.5) is 0 Å². The summed E-state index contributed by atoms with van der Waals surface area (Å²) >= 11 is -2.61. The number of nitrogens with zero attached hydrogens (tertiary/aromatic N) is 1. The third kappa shape index (κ3) is 6.48. The minimum atomic E-state index is -2.61. The zero-order valence-electron chi connectivity index (χ0n) is 13.7. The van der Waals surface area contributed by atoms with Crippen LogP contribution in [0.15, 0.2) is 60.4 Å². The van der Waals surface area contributed by atoms with Crippen LogP contribution in [-0.4, -0.2) is 35.8 Å². The van der Waals surface area contributed by atoms with E-state index in [1.165, 1.54) is 12.3 Å². The molecule has 3 rings (SSSR count). The average molecular weight is 376 g/mol. The van der Waals surface area contributed by atoms with Gasteiger partial charge in [0.25, 0.3) is 11.4 Å². The maximum atomic E-state index is 11.5. The van der Waals surface area contributed by atoms with Crippen molar-refractivity contribution in [2.45, 2.75) is 6.92 Å². The predicted octanol–water partition coefficient (Wildman–Crippen LogP) is 1.87. The second-order valence-electron chi connectivity index (χ2n) is 4.90. The Bertz CT molecular complexity index is 861. The molecule has 0 aliphatic heterocycles. The van der Waals surface area contributed by atoms with Crippen molar-refractivity contribution >= 4 is 28.8 Å². The Labute approximate surface area is 151 Å². The fourth-order valence-corrected chi connectivity index (χ4v) is 1.96. The highest BCUT2D eigenvalue weighted by molar-refractivity contribution is 7.73. The molecular weight excluding hydrogens is 360 g/mol. The zero-order valence-corrected chi connectivity index (χ0v) is 14.5. The van der Waals surface area contributed by atoms with E-state index in [1.807, 2.05) is 0 Å². The molecule has 0 saturated heterocycles. The molecule has 0 saturated carbocycles. The highest BCUT2D eigenvalue weighted by atomic mass is 32.2. The molecule has 1 heterocycles. The molecule has 1 aliphatic carbocycles. The fourth-order valence-electron chi connectivity index (χ4n) is 1.96. The van der Waals surface area contributed by atoms with Crippen LogP contribution in [0.1, 0.15) is 38.0 Å². The molecule has 4 N–H and O–H groups in total. The lowest BCUT2D eigenvalue weighted by Gasteiger charge is -2.11. The molecule has 1 aromatic heterocycles. The lowest BCUT2D eigenvalue weighted by molar-refractivity contribution is 0.0984. The van der Waals surface area contributed by atoms with Crippen molar-refractivity contribution < 1.29 is 27.7 Å². The number of amides is 1. The first-order valence-electron chi connectivity index (χ1n) is 7.10. The molecular formula is C17H16N2O6S. The van der Waals surface area contributed by atoms with Crippen LogP contribution in [0.25, 0.3) is 0 Å². The molecule has 1 aromatic carbocycles. The monoisotopic (exact) mass is 376 g/mol. The van der Waals surface area contributed by atoms with Crippen LogP contribution in [0, 0.1) is 0 Å². The number of carbonyl (C=O) groups is 3. The number of Topliss-reactive ketones (excluding diaryl/α,β-unsaturated/α-hetero) is 1. The summed E-state index contributed by atoms with van der Waals surface area (Å²) in [5, 5.41) is 0. The summed E-state index contributed by atoms with van der Waals surface area (Å²) in [6.45, 7) is 1.66. The maximum Gasteiger partial charge on any atom is 0.299 e. The number of ketones is 2. The molecule has 0 radical (unpaired) electrons. The molecule has 9 heteroatoms. The van der Waals surface area contributed by atoms with Crippen molar-refractivity contribution in [2.24, 2.45) is 5.73 Å². The molecule has 0 spiro atoms. The normalized spacial score (nSPS) is 12.1. The number of fused-ring (bicyclic) bond motifs is 1. The van der Waals surface area contributed by atoms with Crippen molar-refractivity contribution in [3.05, 3.63) is 77.1 Å². The number of rotatable bonds is 1. The second-order valence-corrected chi connectivity index (χ2v) is 5.36. The van der Waals surface area contributed by atoms with E-state index >= 15 is 0 Å². The van der Waals surface area contributed by atoms with Crippen molar-refractivity contribution in [2.75, 3.05) is 0 Å². The third-order valence-corrected chi connectivity index (χ3v) is 3.09. The smallest absolute Gasteiger partial charge is 0.299 e. The number of allylic oxidation sites excluding steroid dienone is 2. The largest absolute Gasteiger partial charge is 0.366 e. The van der Waals surface area contributed by atoms with Gasteiger partial charge in [0.2, 0.25) is 5.91 Å². The Morgan fingerprint density at radius 2 is 1.65 bits per heavy atom. The van der Waals surface area contributed by atoms with Crippen LogP contribution in [0.3, 0.4) is 0 Å². The van der Waals surface area contributed by atoms with Crippen LogP contribution in [0.2, 0.25) is 0 Å². The first kappa shape index (κ1) is 21.0. The second kappa shape index (κ2) is 10.1. The molecule has 0 fully saturated rings. The van der Waals surface area contributed by atoms with Gasteiger partial charge in [-0.15, -0.1) is 0 Å². The van der Waals surface area contributed by atoms with E-state index in [1.54, 1.807) is 49.5 Å². The van der Waals surface area contributed by atoms with E-state index in [2.05, 4.69) is 4.98 Å². The summed E-state index contributed by atoms with van der Waals surface area (Å²) in [4.78, 5) is 37.0. The Balaban J connectivity index is 0.000000227. The lowest BCUT2D eigenvalue weighted by atomic mass is 9.90. The van der Waals surface area contributed by atoms with E-state index in [9.17, 15) is 14.4 Å². The Morgan fingerprint density at radius 3 is 2.12 bits per heavy atom. The summed E-state index contributed by atoms with van der Waals surface area (Å²) in [6.07, 6.45) is 4.42. The molecule has 8 nitrogen and oxygen atoms in total. The van der Waals surface area contributed by atoms with E-state index in [0.717, 1.165) is 0 Å². The molecule has 1 amide bonds. The maximum absolute atomic E-state index is 11.5. The van der Waals surface area contributed by atoms with Crippen LogP contribution in [0.5, 0.6) is 0 Å². The van der Waals surface area contributed by atoms with Crippen molar-refractivity contribution in [1.82, 2.24) is 4.98 Å². The predicted molar refractivity (Wildman–Crippen MR) is 95.0 cm³/mol. The highest BCUT2D eigenvalue weighted by Crippen LogP contribution is 2.20. The van der Waals surface area contributed by atoms with Gasteiger partial charge in [0.15, 0.2) is 11.6 Å².